The van der Waals surface area contributed by atoms with Gasteiger partial charge in [0.05, 0.1) is 7.11 Å². The molecule has 0 atom stereocenters. The summed E-state index contributed by atoms with van der Waals surface area (Å²) in [7, 11) is 1.40. The molecule has 0 aliphatic carbocycles. The smallest absolute Gasteiger partial charge is 0.325 e. The molecule has 0 amide bonds. The lowest BCUT2D eigenvalue weighted by Crippen LogP contribution is -2.12. The zero-order valence-electron chi connectivity index (χ0n) is 9.20. The summed E-state index contributed by atoms with van der Waals surface area (Å²) in [6, 6.07) is 2.03. The lowest BCUT2D eigenvalue weighted by Gasteiger charge is -2.15. The topological polar surface area (TPSA) is 31.2 Å². The van der Waals surface area contributed by atoms with Crippen LogP contribution >= 0.6 is 0 Å². The van der Waals surface area contributed by atoms with E-state index in [1.54, 1.807) is 0 Å². The number of esters is 1. The Balaban J connectivity index is 2.74. The number of aromatic nitrogens is 1. The van der Waals surface area contributed by atoms with Crippen molar-refractivity contribution in [3.05, 3.63) is 24.0 Å². The molecule has 1 aromatic rings. The van der Waals surface area contributed by atoms with Crippen molar-refractivity contribution in [2.24, 2.45) is 0 Å². The second-order valence-electron chi connectivity index (χ2n) is 4.40. The maximum atomic E-state index is 11.0. The quantitative estimate of drug-likeness (QED) is 0.675. The van der Waals surface area contributed by atoms with E-state index in [-0.39, 0.29) is 17.9 Å². The first kappa shape index (κ1) is 10.8. The molecule has 1 heterocycles. The second-order valence-corrected chi connectivity index (χ2v) is 4.40. The first-order chi connectivity index (χ1) is 6.43. The van der Waals surface area contributed by atoms with E-state index in [1.165, 1.54) is 12.7 Å². The fourth-order valence-corrected chi connectivity index (χ4v) is 1.20. The third-order valence-electron chi connectivity index (χ3n) is 2.16. The van der Waals surface area contributed by atoms with Crippen LogP contribution in [-0.2, 0) is 21.5 Å². The minimum absolute atomic E-state index is 0.126. The van der Waals surface area contributed by atoms with Crippen molar-refractivity contribution in [2.45, 2.75) is 32.7 Å². The summed E-state index contributed by atoms with van der Waals surface area (Å²) in [5.74, 6) is -0.221. The molecule has 0 saturated heterocycles. The zero-order valence-corrected chi connectivity index (χ0v) is 9.20. The average Bonchev–Trinajstić information content (AvgIpc) is 2.51. The molecule has 3 nitrogen and oxygen atoms in total. The highest BCUT2D eigenvalue weighted by Crippen LogP contribution is 2.21. The third kappa shape index (κ3) is 2.62. The van der Waals surface area contributed by atoms with E-state index in [0.29, 0.717) is 0 Å². The Bertz CT molecular complexity index is 320. The van der Waals surface area contributed by atoms with Gasteiger partial charge in [-0.1, -0.05) is 20.8 Å². The van der Waals surface area contributed by atoms with E-state index < -0.39 is 0 Å². The molecule has 14 heavy (non-hydrogen) atoms. The van der Waals surface area contributed by atoms with E-state index >= 15 is 0 Å². The summed E-state index contributed by atoms with van der Waals surface area (Å²) in [6.07, 6.45) is 3.88. The molecule has 1 aromatic heterocycles. The predicted octanol–water partition coefficient (Wildman–Crippen LogP) is 1.96. The fraction of sp³-hybridized carbons (Fsp3) is 0.545. The van der Waals surface area contributed by atoms with Gasteiger partial charge in [-0.3, -0.25) is 4.79 Å². The Hall–Kier alpha value is -1.25. The number of carbonyl (C=O) groups is 1. The summed E-state index contributed by atoms with van der Waals surface area (Å²) in [5.41, 5.74) is 1.35. The van der Waals surface area contributed by atoms with Gasteiger partial charge in [0.25, 0.3) is 0 Å². The Kier molecular flexibility index (Phi) is 2.99. The molecular weight excluding hydrogens is 178 g/mol. The molecule has 0 radical (unpaired) electrons. The molecule has 0 aliphatic heterocycles. The maximum Gasteiger partial charge on any atom is 0.325 e. The van der Waals surface area contributed by atoms with Gasteiger partial charge < -0.3 is 9.30 Å². The maximum absolute atomic E-state index is 11.0. The molecule has 0 unspecified atom stereocenters. The van der Waals surface area contributed by atoms with Crippen molar-refractivity contribution in [3.8, 4) is 0 Å². The van der Waals surface area contributed by atoms with Crippen LogP contribution in [0.4, 0.5) is 0 Å². The monoisotopic (exact) mass is 195 g/mol. The summed E-state index contributed by atoms with van der Waals surface area (Å²) in [4.78, 5) is 11.0. The third-order valence-corrected chi connectivity index (χ3v) is 2.16. The zero-order chi connectivity index (χ0) is 10.8. The van der Waals surface area contributed by atoms with Crippen LogP contribution in [0.25, 0.3) is 0 Å². The average molecular weight is 195 g/mol. The van der Waals surface area contributed by atoms with Crippen molar-refractivity contribution in [1.82, 2.24) is 4.57 Å². The van der Waals surface area contributed by atoms with Gasteiger partial charge in [-0.2, -0.15) is 0 Å². The van der Waals surface area contributed by atoms with Crippen molar-refractivity contribution < 1.29 is 9.53 Å². The number of carbonyl (C=O) groups excluding carboxylic acids is 1. The number of methoxy groups -OCH3 is 1. The summed E-state index contributed by atoms with van der Waals surface area (Å²) in [6.45, 7) is 6.72. The van der Waals surface area contributed by atoms with Gasteiger partial charge in [-0.15, -0.1) is 0 Å². The van der Waals surface area contributed by atoms with Crippen LogP contribution in [0.2, 0.25) is 0 Å². The highest BCUT2D eigenvalue weighted by molar-refractivity contribution is 5.68. The van der Waals surface area contributed by atoms with Crippen LogP contribution in [0.15, 0.2) is 18.5 Å². The van der Waals surface area contributed by atoms with Gasteiger partial charge in [0, 0.05) is 12.4 Å². The highest BCUT2D eigenvalue weighted by Gasteiger charge is 2.15. The van der Waals surface area contributed by atoms with E-state index in [9.17, 15) is 4.79 Å². The lowest BCUT2D eigenvalue weighted by atomic mass is 9.89. The van der Waals surface area contributed by atoms with Crippen LogP contribution in [0, 0.1) is 0 Å². The molecule has 0 N–H and O–H groups in total. The SMILES string of the molecule is COC(=O)Cn1ccc(C(C)(C)C)c1. The fourth-order valence-electron chi connectivity index (χ4n) is 1.20. The molecule has 0 saturated carbocycles. The molecule has 0 aromatic carbocycles. The van der Waals surface area contributed by atoms with Crippen LogP contribution in [0.1, 0.15) is 26.3 Å². The number of hydrogen-bond donors (Lipinski definition) is 0. The number of hydrogen-bond acceptors (Lipinski definition) is 2. The van der Waals surface area contributed by atoms with Crippen molar-refractivity contribution in [2.75, 3.05) is 7.11 Å². The standard InChI is InChI=1S/C11H17NO2/c1-11(2,3)9-5-6-12(7-9)8-10(13)14-4/h5-7H,8H2,1-4H3. The lowest BCUT2D eigenvalue weighted by molar-refractivity contribution is -0.141. The Morgan fingerprint density at radius 3 is 2.57 bits per heavy atom. The molecule has 1 rings (SSSR count). The van der Waals surface area contributed by atoms with Crippen molar-refractivity contribution >= 4 is 5.97 Å². The normalized spacial score (nSPS) is 11.4. The molecule has 0 spiro atoms. The second kappa shape index (κ2) is 3.86. The van der Waals surface area contributed by atoms with E-state index in [0.717, 1.165) is 0 Å². The van der Waals surface area contributed by atoms with Gasteiger partial charge in [0.2, 0.25) is 0 Å². The molecule has 0 aliphatic rings. The Morgan fingerprint density at radius 2 is 2.14 bits per heavy atom. The van der Waals surface area contributed by atoms with Crippen LogP contribution in [0.3, 0.4) is 0 Å². The molecule has 0 fully saturated rings. The largest absolute Gasteiger partial charge is 0.468 e. The minimum Gasteiger partial charge on any atom is -0.468 e. The molecular formula is C11H17NO2. The van der Waals surface area contributed by atoms with Gasteiger partial charge in [0.15, 0.2) is 0 Å². The minimum atomic E-state index is -0.221. The number of nitrogens with zero attached hydrogens (tertiary/aromatic N) is 1. The van der Waals surface area contributed by atoms with Crippen molar-refractivity contribution in [1.29, 1.82) is 0 Å². The van der Waals surface area contributed by atoms with Gasteiger partial charge in [-0.05, 0) is 17.0 Å². The van der Waals surface area contributed by atoms with Gasteiger partial charge in [-0.25, -0.2) is 0 Å². The van der Waals surface area contributed by atoms with Gasteiger partial charge in [0.1, 0.15) is 6.54 Å². The summed E-state index contributed by atoms with van der Waals surface area (Å²) < 4.78 is 6.43. The van der Waals surface area contributed by atoms with E-state index in [1.807, 2.05) is 23.0 Å². The Morgan fingerprint density at radius 1 is 1.50 bits per heavy atom. The predicted molar refractivity (Wildman–Crippen MR) is 55.1 cm³/mol. The summed E-state index contributed by atoms with van der Waals surface area (Å²) in [5, 5.41) is 0. The van der Waals surface area contributed by atoms with Crippen LogP contribution < -0.4 is 0 Å². The van der Waals surface area contributed by atoms with Crippen LogP contribution in [0.5, 0.6) is 0 Å². The molecule has 3 heteroatoms. The Labute approximate surface area is 84.7 Å². The first-order valence-electron chi connectivity index (χ1n) is 4.66. The molecule has 0 bridgehead atoms. The van der Waals surface area contributed by atoms with Crippen molar-refractivity contribution in [3.63, 3.8) is 0 Å². The van der Waals surface area contributed by atoms with Crippen LogP contribution in [-0.4, -0.2) is 17.6 Å². The highest BCUT2D eigenvalue weighted by atomic mass is 16.5. The summed E-state index contributed by atoms with van der Waals surface area (Å²) >= 11 is 0. The van der Waals surface area contributed by atoms with E-state index in [4.69, 9.17) is 0 Å². The van der Waals surface area contributed by atoms with Gasteiger partial charge >= 0.3 is 5.97 Å². The first-order valence-corrected chi connectivity index (χ1v) is 4.66. The number of ether oxygens (including phenoxy) is 1. The molecule has 78 valence electrons. The number of rotatable bonds is 2. The van der Waals surface area contributed by atoms with E-state index in [2.05, 4.69) is 25.5 Å².